The molecule has 0 amide bonds. The van der Waals surface area contributed by atoms with Crippen LogP contribution in [0, 0.1) is 11.8 Å². The number of aromatic nitrogens is 2. The molecule has 1 saturated heterocycles. The third-order valence-corrected chi connectivity index (χ3v) is 4.19. The first-order valence-electron chi connectivity index (χ1n) is 7.51. The predicted molar refractivity (Wildman–Crippen MR) is 78.9 cm³/mol. The van der Waals surface area contributed by atoms with Gasteiger partial charge in [-0.2, -0.15) is 5.10 Å². The van der Waals surface area contributed by atoms with Gasteiger partial charge in [-0.25, -0.2) is 0 Å². The second-order valence-corrected chi connectivity index (χ2v) is 6.21. The van der Waals surface area contributed by atoms with Gasteiger partial charge in [0.1, 0.15) is 0 Å². The molecule has 3 unspecified atom stereocenters. The molecule has 3 atom stereocenters. The summed E-state index contributed by atoms with van der Waals surface area (Å²) in [5, 5.41) is 4.57. The van der Waals surface area contributed by atoms with E-state index in [2.05, 4.69) is 37.0 Å². The van der Waals surface area contributed by atoms with E-state index in [1.165, 1.54) is 17.7 Å². The molecule has 1 aromatic heterocycles. The van der Waals surface area contributed by atoms with Gasteiger partial charge in [-0.05, 0) is 24.7 Å². The van der Waals surface area contributed by atoms with Gasteiger partial charge in [0.15, 0.2) is 0 Å². The number of aryl methyl sites for hydroxylation is 2. The summed E-state index contributed by atoms with van der Waals surface area (Å²) in [5.41, 5.74) is 8.61. The Labute approximate surface area is 117 Å². The van der Waals surface area contributed by atoms with Crippen LogP contribution in [0.1, 0.15) is 44.5 Å². The summed E-state index contributed by atoms with van der Waals surface area (Å²) in [5.74, 6) is 1.53. The fourth-order valence-electron chi connectivity index (χ4n) is 3.54. The molecule has 19 heavy (non-hydrogen) atoms. The second kappa shape index (κ2) is 6.06. The molecule has 2 rings (SSSR count). The van der Waals surface area contributed by atoms with Gasteiger partial charge in [-0.1, -0.05) is 20.8 Å². The van der Waals surface area contributed by atoms with Crippen molar-refractivity contribution in [3.8, 4) is 0 Å². The molecule has 0 spiro atoms. The Morgan fingerprint density at radius 2 is 2.00 bits per heavy atom. The number of nitrogens with two attached hydrogens (primary N) is 1. The molecule has 4 nitrogen and oxygen atoms in total. The number of rotatable bonds is 4. The fraction of sp³-hybridized carbons (Fsp3) is 0.800. The molecule has 2 heterocycles. The highest BCUT2D eigenvalue weighted by molar-refractivity contribution is 5.22. The molecule has 1 fully saturated rings. The number of hydrogen-bond acceptors (Lipinski definition) is 3. The minimum Gasteiger partial charge on any atom is -0.329 e. The molecule has 0 aromatic carbocycles. The van der Waals surface area contributed by atoms with Crippen LogP contribution in [-0.2, 0) is 13.5 Å². The van der Waals surface area contributed by atoms with E-state index in [1.807, 2.05) is 11.7 Å². The van der Waals surface area contributed by atoms with E-state index < -0.39 is 0 Å². The zero-order valence-electron chi connectivity index (χ0n) is 12.8. The van der Waals surface area contributed by atoms with Crippen molar-refractivity contribution in [3.05, 3.63) is 17.5 Å². The van der Waals surface area contributed by atoms with Crippen molar-refractivity contribution in [3.63, 3.8) is 0 Å². The van der Waals surface area contributed by atoms with Crippen LogP contribution < -0.4 is 5.73 Å². The molecule has 1 aliphatic heterocycles. The predicted octanol–water partition coefficient (Wildman–Crippen LogP) is 1.96. The standard InChI is InChI=1S/C15H28N4/c1-5-14-13(10-18(4)17-14)15(7-16)19-8-11(2)6-12(3)9-19/h10-12,15H,5-9,16H2,1-4H3. The van der Waals surface area contributed by atoms with E-state index in [4.69, 9.17) is 5.73 Å². The Morgan fingerprint density at radius 1 is 1.37 bits per heavy atom. The Bertz CT molecular complexity index is 402. The molecule has 0 bridgehead atoms. The zero-order chi connectivity index (χ0) is 14.0. The largest absolute Gasteiger partial charge is 0.329 e. The quantitative estimate of drug-likeness (QED) is 0.904. The van der Waals surface area contributed by atoms with Crippen molar-refractivity contribution in [2.24, 2.45) is 24.6 Å². The minimum atomic E-state index is 0.328. The summed E-state index contributed by atoms with van der Waals surface area (Å²) in [4.78, 5) is 2.56. The lowest BCUT2D eigenvalue weighted by Crippen LogP contribution is -2.43. The normalized spacial score (nSPS) is 26.6. The van der Waals surface area contributed by atoms with Crippen LogP contribution in [0.2, 0.25) is 0 Å². The van der Waals surface area contributed by atoms with Crippen molar-refractivity contribution in [2.75, 3.05) is 19.6 Å². The summed E-state index contributed by atoms with van der Waals surface area (Å²) in [7, 11) is 2.00. The lowest BCUT2D eigenvalue weighted by Gasteiger charge is -2.39. The Hall–Kier alpha value is -0.870. The minimum absolute atomic E-state index is 0.328. The Morgan fingerprint density at radius 3 is 2.53 bits per heavy atom. The number of nitrogens with zero attached hydrogens (tertiary/aromatic N) is 3. The molecule has 1 aliphatic rings. The van der Waals surface area contributed by atoms with Crippen molar-refractivity contribution >= 4 is 0 Å². The van der Waals surface area contributed by atoms with E-state index >= 15 is 0 Å². The molecule has 0 radical (unpaired) electrons. The van der Waals surface area contributed by atoms with Crippen molar-refractivity contribution in [2.45, 2.75) is 39.7 Å². The monoisotopic (exact) mass is 264 g/mol. The van der Waals surface area contributed by atoms with Gasteiger partial charge in [0.2, 0.25) is 0 Å². The van der Waals surface area contributed by atoms with Crippen LogP contribution in [-0.4, -0.2) is 34.3 Å². The zero-order valence-corrected chi connectivity index (χ0v) is 12.8. The molecule has 0 saturated carbocycles. The first kappa shape index (κ1) is 14.5. The summed E-state index contributed by atoms with van der Waals surface area (Å²) in [6, 6.07) is 0.328. The first-order valence-corrected chi connectivity index (χ1v) is 7.51. The van der Waals surface area contributed by atoms with E-state index in [9.17, 15) is 0 Å². The molecular weight excluding hydrogens is 236 g/mol. The second-order valence-electron chi connectivity index (χ2n) is 6.21. The van der Waals surface area contributed by atoms with Crippen LogP contribution in [0.25, 0.3) is 0 Å². The van der Waals surface area contributed by atoms with Crippen LogP contribution in [0.5, 0.6) is 0 Å². The molecule has 2 N–H and O–H groups in total. The fourth-order valence-corrected chi connectivity index (χ4v) is 3.54. The van der Waals surface area contributed by atoms with Crippen LogP contribution in [0.4, 0.5) is 0 Å². The summed E-state index contributed by atoms with van der Waals surface area (Å²) in [6.45, 7) is 9.86. The van der Waals surface area contributed by atoms with E-state index in [-0.39, 0.29) is 0 Å². The smallest absolute Gasteiger partial charge is 0.0670 e. The average Bonchev–Trinajstić information content (AvgIpc) is 2.70. The third-order valence-electron chi connectivity index (χ3n) is 4.19. The van der Waals surface area contributed by atoms with Crippen molar-refractivity contribution in [1.82, 2.24) is 14.7 Å². The summed E-state index contributed by atoms with van der Waals surface area (Å²) in [6.07, 6.45) is 4.47. The topological polar surface area (TPSA) is 47.1 Å². The maximum absolute atomic E-state index is 6.08. The molecular formula is C15H28N4. The van der Waals surface area contributed by atoms with Gasteiger partial charge in [-0.15, -0.1) is 0 Å². The summed E-state index contributed by atoms with van der Waals surface area (Å²) < 4.78 is 1.92. The van der Waals surface area contributed by atoms with E-state index in [1.54, 1.807) is 0 Å². The van der Waals surface area contributed by atoms with Crippen LogP contribution in [0.3, 0.4) is 0 Å². The van der Waals surface area contributed by atoms with Crippen molar-refractivity contribution in [1.29, 1.82) is 0 Å². The van der Waals surface area contributed by atoms with E-state index in [0.29, 0.717) is 12.6 Å². The van der Waals surface area contributed by atoms with Crippen molar-refractivity contribution < 1.29 is 0 Å². The maximum atomic E-state index is 6.08. The average molecular weight is 264 g/mol. The van der Waals surface area contributed by atoms with Crippen LogP contribution >= 0.6 is 0 Å². The third kappa shape index (κ3) is 3.18. The number of hydrogen-bond donors (Lipinski definition) is 1. The van der Waals surface area contributed by atoms with Gasteiger partial charge in [0.05, 0.1) is 11.7 Å². The lowest BCUT2D eigenvalue weighted by atomic mass is 9.89. The Kier molecular flexibility index (Phi) is 4.63. The molecule has 108 valence electrons. The van der Waals surface area contributed by atoms with E-state index in [0.717, 1.165) is 31.3 Å². The van der Waals surface area contributed by atoms with Gasteiger partial charge < -0.3 is 5.73 Å². The molecule has 4 heteroatoms. The highest BCUT2D eigenvalue weighted by atomic mass is 15.3. The van der Waals surface area contributed by atoms with Crippen LogP contribution in [0.15, 0.2) is 6.20 Å². The summed E-state index contributed by atoms with van der Waals surface area (Å²) >= 11 is 0. The number of likely N-dealkylation sites (tertiary alicyclic amines) is 1. The highest BCUT2D eigenvalue weighted by Gasteiger charge is 2.29. The number of piperidine rings is 1. The Balaban J connectivity index is 2.23. The SMILES string of the molecule is CCc1nn(C)cc1C(CN)N1CC(C)CC(C)C1. The van der Waals surface area contributed by atoms with Gasteiger partial charge in [0.25, 0.3) is 0 Å². The maximum Gasteiger partial charge on any atom is 0.0670 e. The van der Waals surface area contributed by atoms with Gasteiger partial charge in [0, 0.05) is 38.4 Å². The van der Waals surface area contributed by atoms with Gasteiger partial charge in [-0.3, -0.25) is 9.58 Å². The molecule has 0 aliphatic carbocycles. The first-order chi connectivity index (χ1) is 9.05. The van der Waals surface area contributed by atoms with Gasteiger partial charge >= 0.3 is 0 Å². The molecule has 1 aromatic rings. The highest BCUT2D eigenvalue weighted by Crippen LogP contribution is 2.30. The lowest BCUT2D eigenvalue weighted by molar-refractivity contribution is 0.0980.